The number of benzene rings is 1. The van der Waals surface area contributed by atoms with Crippen LogP contribution in [0.5, 0.6) is 11.9 Å². The molecule has 0 radical (unpaired) electrons. The summed E-state index contributed by atoms with van der Waals surface area (Å²) >= 11 is 6.04. The minimum Gasteiger partial charge on any atom is -0.472 e. The number of nitrogens with zero attached hydrogens (tertiary/aromatic N) is 5. The highest BCUT2D eigenvalue weighted by Gasteiger charge is 2.48. The van der Waals surface area contributed by atoms with Gasteiger partial charge in [-0.3, -0.25) is 0 Å². The van der Waals surface area contributed by atoms with Crippen LogP contribution in [0.25, 0.3) is 22.2 Å². The molecule has 8 rings (SSSR count). The molecule has 262 valence electrons. The molecule has 16 heteroatoms. The van der Waals surface area contributed by atoms with Crippen LogP contribution in [0.3, 0.4) is 0 Å². The Balaban J connectivity index is 1.21. The molecule has 3 saturated heterocycles. The maximum atomic E-state index is 16.8. The van der Waals surface area contributed by atoms with E-state index in [0.717, 1.165) is 37.8 Å². The van der Waals surface area contributed by atoms with Gasteiger partial charge in [0.25, 0.3) is 6.08 Å². The van der Waals surface area contributed by atoms with Gasteiger partial charge in [0.05, 0.1) is 23.2 Å². The predicted molar refractivity (Wildman–Crippen MR) is 170 cm³/mol. The molecule has 6 heterocycles. The lowest BCUT2D eigenvalue weighted by molar-refractivity contribution is -0.137. The number of hydrogen-bond acceptors (Lipinski definition) is 9. The number of alkyl halides is 3. The molecule has 49 heavy (non-hydrogen) atoms. The predicted octanol–water partition coefficient (Wildman–Crippen LogP) is 6.58. The third-order valence-electron chi connectivity index (χ3n) is 10.6. The molecule has 3 aromatic rings. The lowest BCUT2D eigenvalue weighted by Gasteiger charge is -2.42. The van der Waals surface area contributed by atoms with E-state index in [1.807, 2.05) is 6.92 Å². The lowest BCUT2D eigenvalue weighted by atomic mass is 9.99. The third kappa shape index (κ3) is 5.80. The van der Waals surface area contributed by atoms with Gasteiger partial charge in [-0.15, -0.1) is 0 Å². The van der Waals surface area contributed by atoms with Crippen LogP contribution in [0.15, 0.2) is 23.8 Å². The Morgan fingerprint density at radius 1 is 1.14 bits per heavy atom. The summed E-state index contributed by atoms with van der Waals surface area (Å²) in [6.07, 6.45) is -2.91. The SMILES string of the molecule is C[C@@H]1Oc2nc(-c3cc(N)cc(Cl)c3C(F)(F)F)c(F)c3nc(OCC4(CN5CCC(=C(F)F)CC5)CC4)nc(c23)N2C[C@H]3CC[C@H](N3)[C@@H]12. The first-order valence-electron chi connectivity index (χ1n) is 16.5. The molecule has 9 nitrogen and oxygen atoms in total. The Morgan fingerprint density at radius 3 is 2.59 bits per heavy atom. The van der Waals surface area contributed by atoms with E-state index in [-0.39, 0.29) is 64.2 Å². The van der Waals surface area contributed by atoms with Crippen LogP contribution in [0.1, 0.15) is 51.0 Å². The van der Waals surface area contributed by atoms with Crippen LogP contribution in [0.4, 0.5) is 37.8 Å². The van der Waals surface area contributed by atoms with Crippen LogP contribution >= 0.6 is 11.6 Å². The van der Waals surface area contributed by atoms with Gasteiger partial charge in [-0.1, -0.05) is 11.6 Å². The highest BCUT2D eigenvalue weighted by Crippen LogP contribution is 2.49. The smallest absolute Gasteiger partial charge is 0.418 e. The van der Waals surface area contributed by atoms with Crippen LogP contribution in [-0.4, -0.2) is 76.9 Å². The van der Waals surface area contributed by atoms with E-state index in [9.17, 15) is 22.0 Å². The van der Waals surface area contributed by atoms with Crippen molar-refractivity contribution in [1.29, 1.82) is 0 Å². The molecule has 5 aliphatic rings. The van der Waals surface area contributed by atoms with Crippen LogP contribution < -0.4 is 25.4 Å². The zero-order valence-corrected chi connectivity index (χ0v) is 27.3. The topological polar surface area (TPSA) is 102 Å². The van der Waals surface area contributed by atoms with Crippen molar-refractivity contribution in [3.05, 3.63) is 40.2 Å². The van der Waals surface area contributed by atoms with Crippen molar-refractivity contribution in [2.75, 3.05) is 43.4 Å². The standard InChI is InChI=1S/C33H34ClF6N7O2/c1-15-27-21-3-2-18(42-21)12-47(27)29-22-26(24(35)25(43-30(22)49-15)19-10-17(41)11-20(34)23(19)33(38,39)40)44-31(45-29)48-14-32(6-7-32)13-46-8-4-16(5-9-46)28(36)37/h10-11,15,18,21,27,42H,2-9,12-14,41H2,1H3/t15-,18+,21-,27+/m0/s1. The summed E-state index contributed by atoms with van der Waals surface area (Å²) in [7, 11) is 0. The largest absolute Gasteiger partial charge is 0.472 e. The number of piperidine rings is 1. The second-order valence-corrected chi connectivity index (χ2v) is 14.4. The maximum Gasteiger partial charge on any atom is 0.418 e. The fraction of sp³-hybridized carbons (Fsp3) is 0.545. The summed E-state index contributed by atoms with van der Waals surface area (Å²) in [6.45, 7) is 4.28. The summed E-state index contributed by atoms with van der Waals surface area (Å²) in [5.41, 5.74) is 2.88. The highest BCUT2D eigenvalue weighted by molar-refractivity contribution is 6.32. The molecule has 2 bridgehead atoms. The molecule has 0 unspecified atom stereocenters. The van der Waals surface area contributed by atoms with Crippen LogP contribution in [0.2, 0.25) is 5.02 Å². The number of piperazine rings is 1. The van der Waals surface area contributed by atoms with E-state index in [4.69, 9.17) is 31.8 Å². The fourth-order valence-corrected chi connectivity index (χ4v) is 8.36. The highest BCUT2D eigenvalue weighted by atomic mass is 35.5. The minimum atomic E-state index is -4.95. The molecule has 4 fully saturated rings. The van der Waals surface area contributed by atoms with Gasteiger partial charge in [0.2, 0.25) is 5.88 Å². The second kappa shape index (κ2) is 11.8. The van der Waals surface area contributed by atoms with Gasteiger partial charge < -0.3 is 30.3 Å². The van der Waals surface area contributed by atoms with Crippen molar-refractivity contribution >= 4 is 34.0 Å². The number of fused-ring (bicyclic) bond motifs is 5. The van der Waals surface area contributed by atoms with Crippen LogP contribution in [-0.2, 0) is 6.18 Å². The number of nitrogens with two attached hydrogens (primary N) is 1. The molecular formula is C33H34ClF6N7O2. The van der Waals surface area contributed by atoms with Crippen molar-refractivity contribution in [2.45, 2.75) is 75.9 Å². The Labute approximate surface area is 282 Å². The first-order chi connectivity index (χ1) is 23.3. The average molecular weight is 710 g/mol. The molecule has 1 aliphatic carbocycles. The average Bonchev–Trinajstić information content (AvgIpc) is 3.73. The van der Waals surface area contributed by atoms with Crippen molar-refractivity contribution in [1.82, 2.24) is 25.2 Å². The zero-order chi connectivity index (χ0) is 34.4. The quantitative estimate of drug-likeness (QED) is 0.217. The first-order valence-corrected chi connectivity index (χ1v) is 16.8. The molecule has 3 N–H and O–H groups in total. The molecule has 4 aliphatic heterocycles. The van der Waals surface area contributed by atoms with Crippen molar-refractivity contribution in [2.24, 2.45) is 5.41 Å². The van der Waals surface area contributed by atoms with E-state index in [1.165, 1.54) is 0 Å². The Bertz CT molecular complexity index is 1860. The summed E-state index contributed by atoms with van der Waals surface area (Å²) in [4.78, 5) is 17.8. The number of likely N-dealkylation sites (tertiary alicyclic amines) is 1. The number of nitrogens with one attached hydrogen (secondary N) is 1. The zero-order valence-electron chi connectivity index (χ0n) is 26.5. The van der Waals surface area contributed by atoms with Crippen molar-refractivity contribution in [3.8, 4) is 23.1 Å². The minimum absolute atomic E-state index is 0.0341. The molecule has 1 aromatic carbocycles. The summed E-state index contributed by atoms with van der Waals surface area (Å²) in [5, 5.41) is 3.06. The van der Waals surface area contributed by atoms with Crippen LogP contribution in [0, 0.1) is 11.2 Å². The van der Waals surface area contributed by atoms with Gasteiger partial charge in [-0.05, 0) is 63.2 Å². The van der Waals surface area contributed by atoms with Gasteiger partial charge >= 0.3 is 12.2 Å². The van der Waals surface area contributed by atoms with Gasteiger partial charge in [-0.2, -0.15) is 31.9 Å². The summed E-state index contributed by atoms with van der Waals surface area (Å²) in [6, 6.07) is 1.78. The number of ether oxygens (including phenoxy) is 2. The van der Waals surface area contributed by atoms with E-state index >= 15 is 4.39 Å². The van der Waals surface area contributed by atoms with Gasteiger partial charge in [0.1, 0.15) is 28.5 Å². The van der Waals surface area contributed by atoms with Gasteiger partial charge in [0.15, 0.2) is 5.82 Å². The normalized spacial score (nSPS) is 26.0. The monoisotopic (exact) mass is 709 g/mol. The molecule has 2 aromatic heterocycles. The molecule has 0 spiro atoms. The number of hydrogen-bond donors (Lipinski definition) is 2. The molecule has 1 saturated carbocycles. The Kier molecular flexibility index (Phi) is 7.83. The van der Waals surface area contributed by atoms with Gasteiger partial charge in [-0.25, -0.2) is 9.37 Å². The number of pyridine rings is 1. The van der Waals surface area contributed by atoms with Crippen molar-refractivity contribution < 1.29 is 35.8 Å². The Morgan fingerprint density at radius 2 is 1.90 bits per heavy atom. The molecule has 4 atom stereocenters. The number of aromatic nitrogens is 3. The summed E-state index contributed by atoms with van der Waals surface area (Å²) in [5.74, 6) is -0.874. The van der Waals surface area contributed by atoms with Gasteiger partial charge in [0, 0.05) is 54.9 Å². The number of halogens is 7. The second-order valence-electron chi connectivity index (χ2n) is 14.0. The third-order valence-corrected chi connectivity index (χ3v) is 10.9. The van der Waals surface area contributed by atoms with E-state index in [1.54, 1.807) is 0 Å². The summed E-state index contributed by atoms with van der Waals surface area (Å²) < 4.78 is 98.5. The van der Waals surface area contributed by atoms with E-state index in [2.05, 4.69) is 25.1 Å². The molecular weight excluding hydrogens is 676 g/mol. The number of nitrogen functional groups attached to an aromatic ring is 1. The maximum absolute atomic E-state index is 16.8. The van der Waals surface area contributed by atoms with Crippen molar-refractivity contribution in [3.63, 3.8) is 0 Å². The van der Waals surface area contributed by atoms with E-state index < -0.39 is 46.0 Å². The lowest BCUT2D eigenvalue weighted by Crippen LogP contribution is -2.62. The number of anilines is 2. The number of rotatable bonds is 6. The first kappa shape index (κ1) is 32.6. The van der Waals surface area contributed by atoms with E-state index in [0.29, 0.717) is 44.8 Å². The molecule has 0 amide bonds. The fourth-order valence-electron chi connectivity index (χ4n) is 8.02. The Hall–Kier alpha value is -3.56.